The summed E-state index contributed by atoms with van der Waals surface area (Å²) in [5.74, 6) is -0.184. The summed E-state index contributed by atoms with van der Waals surface area (Å²) in [4.78, 5) is 16.5. The van der Waals surface area contributed by atoms with Gasteiger partial charge in [-0.3, -0.25) is 0 Å². The van der Waals surface area contributed by atoms with E-state index < -0.39 is 0 Å². The van der Waals surface area contributed by atoms with Gasteiger partial charge in [0.2, 0.25) is 0 Å². The number of carbonyl (C=O) groups excluding carboxylic acids is 1. The van der Waals surface area contributed by atoms with E-state index in [0.29, 0.717) is 6.61 Å². The average Bonchev–Trinajstić information content (AvgIpc) is 3.42. The molecule has 0 unspecified atom stereocenters. The molecule has 0 fully saturated rings. The summed E-state index contributed by atoms with van der Waals surface area (Å²) in [6.45, 7) is 4.81. The number of aryl methyl sites for hydroxylation is 2. The fourth-order valence-electron chi connectivity index (χ4n) is 3.96. The normalized spacial score (nSPS) is 11.1. The molecule has 0 atom stereocenters. The lowest BCUT2D eigenvalue weighted by Gasteiger charge is -2.06. The van der Waals surface area contributed by atoms with Crippen LogP contribution in [0.1, 0.15) is 91.6 Å². The topological polar surface area (TPSA) is 26.3 Å². The highest BCUT2D eigenvalue weighted by Crippen LogP contribution is 2.40. The van der Waals surface area contributed by atoms with Gasteiger partial charge in [-0.15, -0.1) is 22.7 Å². The Morgan fingerprint density at radius 1 is 0.848 bits per heavy atom. The minimum Gasteiger partial charge on any atom is -0.457 e. The number of esters is 1. The zero-order chi connectivity index (χ0) is 23.5. The molecule has 0 saturated heterocycles. The minimum absolute atomic E-state index is 0.184. The van der Waals surface area contributed by atoms with E-state index in [4.69, 9.17) is 4.74 Å². The second-order valence-electron chi connectivity index (χ2n) is 8.55. The number of hydrogen-bond acceptors (Lipinski definition) is 4. The summed E-state index contributed by atoms with van der Waals surface area (Å²) >= 11 is 5.91. The van der Waals surface area contributed by atoms with Gasteiger partial charge in [-0.05, 0) is 77.1 Å². The van der Waals surface area contributed by atoms with E-state index >= 15 is 0 Å². The van der Waals surface area contributed by atoms with E-state index in [1.165, 1.54) is 63.1 Å². The Labute approximate surface area is 220 Å². The van der Waals surface area contributed by atoms with Gasteiger partial charge < -0.3 is 4.74 Å². The van der Waals surface area contributed by atoms with Crippen LogP contribution in [0.4, 0.5) is 0 Å². The predicted molar refractivity (Wildman–Crippen MR) is 152 cm³/mol. The van der Waals surface area contributed by atoms with Gasteiger partial charge in [-0.25, -0.2) is 4.79 Å². The number of carbonyl (C=O) groups is 1. The molecule has 2 nitrogen and oxygen atoms in total. The van der Waals surface area contributed by atoms with E-state index in [0.717, 1.165) is 35.3 Å². The lowest BCUT2D eigenvalue weighted by molar-refractivity contribution is 0.0477. The highest BCUT2D eigenvalue weighted by molar-refractivity contribution is 14.1. The van der Waals surface area contributed by atoms with E-state index in [1.54, 1.807) is 11.3 Å². The van der Waals surface area contributed by atoms with Crippen LogP contribution < -0.4 is 0 Å². The lowest BCUT2D eigenvalue weighted by Crippen LogP contribution is -2.05. The second-order valence-corrected chi connectivity index (χ2v) is 12.6. The fraction of sp³-hybridized carbons (Fsp3) is 0.464. The largest absolute Gasteiger partial charge is 0.457 e. The van der Waals surface area contributed by atoms with Gasteiger partial charge in [0.1, 0.15) is 11.5 Å². The number of ether oxygens (including phenoxy) is 1. The van der Waals surface area contributed by atoms with Crippen molar-refractivity contribution < 1.29 is 9.53 Å². The van der Waals surface area contributed by atoms with Crippen molar-refractivity contribution in [1.82, 2.24) is 0 Å². The van der Waals surface area contributed by atoms with Crippen LogP contribution in [0.2, 0.25) is 0 Å². The first-order valence-corrected chi connectivity index (χ1v) is 15.0. The quantitative estimate of drug-likeness (QED) is 0.106. The Morgan fingerprint density at radius 3 is 2.18 bits per heavy atom. The number of halogens is 1. The monoisotopic (exact) mass is 594 g/mol. The molecule has 0 radical (unpaired) electrons. The van der Waals surface area contributed by atoms with Crippen molar-refractivity contribution in [2.75, 3.05) is 0 Å². The SMILES string of the molecule is CCCCCCc1cc(-c2sc(I)cc2CCCCCC)sc1C(=O)OCc1ccccc1. The van der Waals surface area contributed by atoms with Crippen molar-refractivity contribution in [1.29, 1.82) is 0 Å². The third-order valence-corrected chi connectivity index (χ3v) is 9.08. The number of unbranched alkanes of at least 4 members (excludes halogenated alkanes) is 6. The van der Waals surface area contributed by atoms with Crippen LogP contribution >= 0.6 is 45.3 Å². The van der Waals surface area contributed by atoms with Crippen molar-refractivity contribution in [2.24, 2.45) is 0 Å². The summed E-state index contributed by atoms with van der Waals surface area (Å²) < 4.78 is 7.05. The van der Waals surface area contributed by atoms with Gasteiger partial charge >= 0.3 is 5.97 Å². The molecule has 178 valence electrons. The fourth-order valence-corrected chi connectivity index (χ4v) is 7.18. The highest BCUT2D eigenvalue weighted by Gasteiger charge is 2.21. The Hall–Kier alpha value is -1.18. The summed E-state index contributed by atoms with van der Waals surface area (Å²) in [5, 5.41) is 0. The summed E-state index contributed by atoms with van der Waals surface area (Å²) in [6, 6.07) is 14.5. The van der Waals surface area contributed by atoms with E-state index in [-0.39, 0.29) is 5.97 Å². The molecule has 1 aromatic carbocycles. The van der Waals surface area contributed by atoms with Gasteiger partial charge in [0.05, 0.1) is 2.88 Å². The number of benzene rings is 1. The van der Waals surface area contributed by atoms with Crippen LogP contribution in [-0.2, 0) is 24.2 Å². The van der Waals surface area contributed by atoms with E-state index in [9.17, 15) is 4.79 Å². The molecule has 0 bridgehead atoms. The van der Waals surface area contributed by atoms with Crippen LogP contribution in [0.25, 0.3) is 9.75 Å². The lowest BCUT2D eigenvalue weighted by atomic mass is 10.0. The third kappa shape index (κ3) is 8.22. The molecule has 0 aliphatic carbocycles. The molecule has 5 heteroatoms. The smallest absolute Gasteiger partial charge is 0.348 e. The third-order valence-electron chi connectivity index (χ3n) is 5.81. The number of rotatable bonds is 14. The molecular formula is C28H35IO2S2. The van der Waals surface area contributed by atoms with Crippen LogP contribution in [0, 0.1) is 2.88 Å². The Kier molecular flexibility index (Phi) is 11.4. The minimum atomic E-state index is -0.184. The molecule has 2 aromatic heterocycles. The van der Waals surface area contributed by atoms with Crippen LogP contribution in [0.15, 0.2) is 42.5 Å². The maximum Gasteiger partial charge on any atom is 0.348 e. The van der Waals surface area contributed by atoms with Gasteiger partial charge in [0, 0.05) is 9.75 Å². The van der Waals surface area contributed by atoms with Crippen molar-refractivity contribution in [3.05, 3.63) is 66.9 Å². The first-order chi connectivity index (χ1) is 16.1. The van der Waals surface area contributed by atoms with Gasteiger partial charge in [0.15, 0.2) is 0 Å². The maximum atomic E-state index is 13.1. The van der Waals surface area contributed by atoms with E-state index in [1.807, 2.05) is 41.7 Å². The molecule has 0 aliphatic rings. The van der Waals surface area contributed by atoms with Crippen LogP contribution in [-0.4, -0.2) is 5.97 Å². The molecule has 3 rings (SSSR count). The van der Waals surface area contributed by atoms with Gasteiger partial charge in [-0.2, -0.15) is 0 Å². The van der Waals surface area contributed by atoms with Crippen molar-refractivity contribution in [2.45, 2.75) is 84.7 Å². The molecular weight excluding hydrogens is 559 g/mol. The first kappa shape index (κ1) is 26.4. The van der Waals surface area contributed by atoms with Crippen molar-refractivity contribution >= 4 is 51.2 Å². The zero-order valence-electron chi connectivity index (χ0n) is 19.8. The maximum absolute atomic E-state index is 13.1. The average molecular weight is 595 g/mol. The second kappa shape index (κ2) is 14.3. The van der Waals surface area contributed by atoms with Crippen LogP contribution in [0.3, 0.4) is 0 Å². The zero-order valence-corrected chi connectivity index (χ0v) is 23.6. The molecule has 2 heterocycles. The molecule has 0 spiro atoms. The van der Waals surface area contributed by atoms with E-state index in [2.05, 4.69) is 48.6 Å². The molecule has 3 aromatic rings. The predicted octanol–water partition coefficient (Wildman–Crippen LogP) is 9.68. The Morgan fingerprint density at radius 2 is 1.52 bits per heavy atom. The molecule has 0 saturated carbocycles. The number of hydrogen-bond donors (Lipinski definition) is 0. The molecule has 33 heavy (non-hydrogen) atoms. The highest BCUT2D eigenvalue weighted by atomic mass is 127. The van der Waals surface area contributed by atoms with Crippen LogP contribution in [0.5, 0.6) is 0 Å². The van der Waals surface area contributed by atoms with Gasteiger partial charge in [0.25, 0.3) is 0 Å². The number of thiophene rings is 2. The Bertz CT molecular complexity index is 991. The molecule has 0 N–H and O–H groups in total. The van der Waals surface area contributed by atoms with Crippen molar-refractivity contribution in [3.63, 3.8) is 0 Å². The Balaban J connectivity index is 1.79. The summed E-state index contributed by atoms with van der Waals surface area (Å²) in [5.41, 5.74) is 3.61. The summed E-state index contributed by atoms with van der Waals surface area (Å²) in [6.07, 6.45) is 11.9. The molecule has 0 amide bonds. The summed E-state index contributed by atoms with van der Waals surface area (Å²) in [7, 11) is 0. The standard InChI is InChI=1S/C28H35IO2S2/c1-3-5-7-12-16-22-18-24(26-23(19-25(29)33-26)17-13-8-6-4-2)32-27(22)28(30)31-20-21-14-10-9-11-15-21/h9-11,14-15,18-19H,3-8,12-13,16-17,20H2,1-2H3. The van der Waals surface area contributed by atoms with Gasteiger partial charge in [-0.1, -0.05) is 82.7 Å². The molecule has 0 aliphatic heterocycles. The van der Waals surface area contributed by atoms with Crippen molar-refractivity contribution in [3.8, 4) is 9.75 Å². The first-order valence-electron chi connectivity index (χ1n) is 12.2.